The van der Waals surface area contributed by atoms with Crippen LogP contribution in [0.5, 0.6) is 0 Å². The fourth-order valence-corrected chi connectivity index (χ4v) is 4.38. The fraction of sp³-hybridized carbons (Fsp3) is 0.467. The van der Waals surface area contributed by atoms with E-state index < -0.39 is 0 Å². The van der Waals surface area contributed by atoms with E-state index in [1.165, 1.54) is 11.3 Å². The molecular weight excluding hydrogens is 304 g/mol. The van der Waals surface area contributed by atoms with Gasteiger partial charge in [-0.05, 0) is 24.3 Å². The maximum atomic E-state index is 12.2. The van der Waals surface area contributed by atoms with Crippen LogP contribution >= 0.6 is 22.7 Å². The molecule has 0 aromatic carbocycles. The Morgan fingerprint density at radius 2 is 2.19 bits per heavy atom. The van der Waals surface area contributed by atoms with Crippen molar-refractivity contribution in [1.29, 1.82) is 0 Å². The van der Waals surface area contributed by atoms with Crippen LogP contribution in [0.4, 0.5) is 0 Å². The second kappa shape index (κ2) is 6.25. The summed E-state index contributed by atoms with van der Waals surface area (Å²) < 4.78 is 0. The number of carbonyl (C=O) groups excluding carboxylic acids is 1. The monoisotopic (exact) mass is 322 g/mol. The number of hydrogen-bond acceptors (Lipinski definition) is 5. The molecule has 112 valence electrons. The van der Waals surface area contributed by atoms with Gasteiger partial charge in [-0.1, -0.05) is 18.9 Å². The van der Waals surface area contributed by atoms with Gasteiger partial charge in [-0.2, -0.15) is 0 Å². The Kier molecular flexibility index (Phi) is 4.37. The number of aliphatic hydroxyl groups is 1. The summed E-state index contributed by atoms with van der Waals surface area (Å²) in [5, 5.41) is 17.2. The van der Waals surface area contributed by atoms with Crippen molar-refractivity contribution in [3.8, 4) is 9.88 Å². The standard InChI is InChI=1S/C15H18N2O2S2/c18-10-15(5-1-2-6-15)9-16-13(19)11-8-21-14(17-11)12-4-3-7-20-12/h3-4,7-8,18H,1-2,5-6,9-10H2,(H,16,19). The van der Waals surface area contributed by atoms with E-state index in [0.29, 0.717) is 12.2 Å². The van der Waals surface area contributed by atoms with E-state index in [-0.39, 0.29) is 17.9 Å². The molecule has 1 aliphatic carbocycles. The van der Waals surface area contributed by atoms with Crippen molar-refractivity contribution in [2.24, 2.45) is 5.41 Å². The first-order valence-corrected chi connectivity index (χ1v) is 8.87. The Balaban J connectivity index is 1.63. The summed E-state index contributed by atoms with van der Waals surface area (Å²) in [6.07, 6.45) is 4.24. The molecule has 6 heteroatoms. The van der Waals surface area contributed by atoms with Gasteiger partial charge in [-0.25, -0.2) is 4.98 Å². The van der Waals surface area contributed by atoms with Gasteiger partial charge in [-0.3, -0.25) is 4.79 Å². The fourth-order valence-electron chi connectivity index (χ4n) is 2.77. The zero-order valence-corrected chi connectivity index (χ0v) is 13.3. The summed E-state index contributed by atoms with van der Waals surface area (Å²) in [7, 11) is 0. The topological polar surface area (TPSA) is 62.2 Å². The summed E-state index contributed by atoms with van der Waals surface area (Å²) >= 11 is 3.11. The molecule has 4 nitrogen and oxygen atoms in total. The van der Waals surface area contributed by atoms with Gasteiger partial charge < -0.3 is 10.4 Å². The van der Waals surface area contributed by atoms with Crippen LogP contribution in [-0.2, 0) is 0 Å². The Hall–Kier alpha value is -1.24. The highest BCUT2D eigenvalue weighted by molar-refractivity contribution is 7.20. The highest BCUT2D eigenvalue weighted by atomic mass is 32.1. The van der Waals surface area contributed by atoms with Gasteiger partial charge in [0.25, 0.3) is 5.91 Å². The van der Waals surface area contributed by atoms with Crippen molar-refractivity contribution in [3.63, 3.8) is 0 Å². The van der Waals surface area contributed by atoms with Crippen LogP contribution in [0.1, 0.15) is 36.2 Å². The molecule has 1 fully saturated rings. The molecule has 2 aromatic rings. The molecule has 0 aliphatic heterocycles. The number of nitrogens with one attached hydrogen (secondary N) is 1. The Morgan fingerprint density at radius 1 is 1.38 bits per heavy atom. The molecule has 1 aliphatic rings. The van der Waals surface area contributed by atoms with Gasteiger partial charge in [0.2, 0.25) is 0 Å². The maximum absolute atomic E-state index is 12.2. The SMILES string of the molecule is O=C(NCC1(CO)CCCC1)c1csc(-c2cccs2)n1. The van der Waals surface area contributed by atoms with Crippen LogP contribution in [0.25, 0.3) is 9.88 Å². The summed E-state index contributed by atoms with van der Waals surface area (Å²) in [5.41, 5.74) is 0.344. The van der Waals surface area contributed by atoms with Gasteiger partial charge in [0.1, 0.15) is 10.7 Å². The molecule has 0 spiro atoms. The number of nitrogens with zero attached hydrogens (tertiary/aromatic N) is 1. The number of aromatic nitrogens is 1. The molecule has 2 N–H and O–H groups in total. The first kappa shape index (κ1) is 14.7. The number of thiazole rings is 1. The molecule has 0 unspecified atom stereocenters. The van der Waals surface area contributed by atoms with E-state index in [2.05, 4.69) is 10.3 Å². The van der Waals surface area contributed by atoms with Crippen molar-refractivity contribution in [3.05, 3.63) is 28.6 Å². The highest BCUT2D eigenvalue weighted by Crippen LogP contribution is 2.37. The maximum Gasteiger partial charge on any atom is 0.270 e. The molecule has 1 amide bonds. The number of carbonyl (C=O) groups is 1. The largest absolute Gasteiger partial charge is 0.396 e. The third-order valence-corrected chi connectivity index (χ3v) is 5.97. The molecule has 3 rings (SSSR count). The van der Waals surface area contributed by atoms with E-state index in [4.69, 9.17) is 0 Å². The second-order valence-electron chi connectivity index (χ2n) is 5.56. The van der Waals surface area contributed by atoms with E-state index in [0.717, 1.165) is 35.6 Å². The van der Waals surface area contributed by atoms with Crippen LogP contribution < -0.4 is 5.32 Å². The van der Waals surface area contributed by atoms with Crippen LogP contribution in [0.3, 0.4) is 0 Å². The quantitative estimate of drug-likeness (QED) is 0.889. The van der Waals surface area contributed by atoms with Gasteiger partial charge >= 0.3 is 0 Å². The summed E-state index contributed by atoms with van der Waals surface area (Å²) in [4.78, 5) is 17.7. The zero-order chi connectivity index (χ0) is 14.7. The third kappa shape index (κ3) is 3.17. The molecule has 0 atom stereocenters. The molecule has 0 bridgehead atoms. The molecule has 2 aromatic heterocycles. The average Bonchev–Trinajstić information content (AvgIpc) is 3.25. The van der Waals surface area contributed by atoms with E-state index in [1.807, 2.05) is 17.5 Å². The average molecular weight is 322 g/mol. The zero-order valence-electron chi connectivity index (χ0n) is 11.7. The van der Waals surface area contributed by atoms with Gasteiger partial charge in [0.15, 0.2) is 0 Å². The lowest BCUT2D eigenvalue weighted by Crippen LogP contribution is -2.38. The molecule has 21 heavy (non-hydrogen) atoms. The normalized spacial score (nSPS) is 17.0. The molecule has 0 radical (unpaired) electrons. The predicted octanol–water partition coefficient (Wildman–Crippen LogP) is 3.15. The van der Waals surface area contributed by atoms with Crippen LogP contribution in [0, 0.1) is 5.41 Å². The Bertz CT molecular complexity index is 601. The van der Waals surface area contributed by atoms with Crippen molar-refractivity contribution < 1.29 is 9.90 Å². The van der Waals surface area contributed by atoms with Gasteiger partial charge in [-0.15, -0.1) is 22.7 Å². The van der Waals surface area contributed by atoms with Crippen LogP contribution in [-0.4, -0.2) is 29.1 Å². The Morgan fingerprint density at radius 3 is 2.86 bits per heavy atom. The first-order chi connectivity index (χ1) is 10.2. The minimum atomic E-state index is -0.145. The highest BCUT2D eigenvalue weighted by Gasteiger charge is 2.33. The lowest BCUT2D eigenvalue weighted by atomic mass is 9.87. The molecule has 2 heterocycles. The number of amides is 1. The first-order valence-electron chi connectivity index (χ1n) is 7.11. The van der Waals surface area contributed by atoms with Crippen LogP contribution in [0.15, 0.2) is 22.9 Å². The number of hydrogen-bond donors (Lipinski definition) is 2. The smallest absolute Gasteiger partial charge is 0.270 e. The second-order valence-corrected chi connectivity index (χ2v) is 7.37. The van der Waals surface area contributed by atoms with Gasteiger partial charge in [0.05, 0.1) is 11.5 Å². The molecule has 0 saturated heterocycles. The minimum absolute atomic E-state index is 0.123. The summed E-state index contributed by atoms with van der Waals surface area (Å²) in [6, 6.07) is 3.98. The van der Waals surface area contributed by atoms with E-state index >= 15 is 0 Å². The van der Waals surface area contributed by atoms with Crippen molar-refractivity contribution in [2.75, 3.05) is 13.2 Å². The van der Waals surface area contributed by atoms with Crippen molar-refractivity contribution in [1.82, 2.24) is 10.3 Å². The number of thiophene rings is 1. The minimum Gasteiger partial charge on any atom is -0.396 e. The summed E-state index contributed by atoms with van der Waals surface area (Å²) in [5.74, 6) is -0.145. The molecule has 1 saturated carbocycles. The van der Waals surface area contributed by atoms with Crippen molar-refractivity contribution in [2.45, 2.75) is 25.7 Å². The lowest BCUT2D eigenvalue weighted by Gasteiger charge is -2.26. The molecular formula is C15H18N2O2S2. The van der Waals surface area contributed by atoms with Crippen LogP contribution in [0.2, 0.25) is 0 Å². The summed E-state index contributed by atoms with van der Waals surface area (Å²) in [6.45, 7) is 0.680. The predicted molar refractivity (Wildman–Crippen MR) is 85.7 cm³/mol. The Labute approximate surface area is 131 Å². The van der Waals surface area contributed by atoms with Crippen molar-refractivity contribution >= 4 is 28.6 Å². The lowest BCUT2D eigenvalue weighted by molar-refractivity contribution is 0.0876. The third-order valence-electron chi connectivity index (χ3n) is 4.09. The number of aliphatic hydroxyl groups excluding tert-OH is 1. The van der Waals surface area contributed by atoms with E-state index in [9.17, 15) is 9.90 Å². The number of rotatable bonds is 5. The van der Waals surface area contributed by atoms with Gasteiger partial charge in [0, 0.05) is 17.3 Å². The van der Waals surface area contributed by atoms with E-state index in [1.54, 1.807) is 16.7 Å².